The molecule has 2 aromatic rings. The summed E-state index contributed by atoms with van der Waals surface area (Å²) in [5, 5.41) is 16.5. The fraction of sp³-hybridized carbons (Fsp3) is 0.700. The Hall–Kier alpha value is -2.22. The third kappa shape index (κ3) is 3.83. The fourth-order valence-electron chi connectivity index (χ4n) is 4.02. The Morgan fingerprint density at radius 1 is 1.21 bits per heavy atom. The predicted molar refractivity (Wildman–Crippen MR) is 109 cm³/mol. The Morgan fingerprint density at radius 2 is 2.00 bits per heavy atom. The van der Waals surface area contributed by atoms with Crippen LogP contribution in [0.1, 0.15) is 52.3 Å². The zero-order chi connectivity index (χ0) is 19.9. The molecule has 0 aromatic carbocycles. The average molecular weight is 386 g/mol. The van der Waals surface area contributed by atoms with E-state index in [1.54, 1.807) is 0 Å². The molecule has 2 fully saturated rings. The maximum Gasteiger partial charge on any atom is 0.220 e. The van der Waals surface area contributed by atoms with Crippen LogP contribution >= 0.6 is 0 Å². The first-order valence-corrected chi connectivity index (χ1v) is 10.3. The lowest BCUT2D eigenvalue weighted by atomic mass is 9.96. The van der Waals surface area contributed by atoms with Crippen LogP contribution < -0.4 is 10.2 Å². The summed E-state index contributed by atoms with van der Waals surface area (Å²) in [5.41, 5.74) is 0.679. The van der Waals surface area contributed by atoms with Crippen molar-refractivity contribution < 1.29 is 4.79 Å². The van der Waals surface area contributed by atoms with Gasteiger partial charge in [0, 0.05) is 43.6 Å². The second kappa shape index (κ2) is 7.31. The first kappa shape index (κ1) is 19.1. The molecular weight excluding hydrogens is 354 g/mol. The minimum Gasteiger partial charge on any atom is -0.352 e. The molecule has 28 heavy (non-hydrogen) atoms. The van der Waals surface area contributed by atoms with Gasteiger partial charge in [-0.05, 0) is 32.0 Å². The molecule has 1 N–H and O–H groups in total. The summed E-state index contributed by atoms with van der Waals surface area (Å²) in [7, 11) is 2.16. The van der Waals surface area contributed by atoms with E-state index in [1.165, 1.54) is 0 Å². The van der Waals surface area contributed by atoms with E-state index in [4.69, 9.17) is 5.10 Å². The van der Waals surface area contributed by atoms with Gasteiger partial charge in [-0.2, -0.15) is 4.52 Å². The van der Waals surface area contributed by atoms with Crippen molar-refractivity contribution in [1.82, 2.24) is 30.0 Å². The molecule has 4 heterocycles. The zero-order valence-corrected chi connectivity index (χ0v) is 17.4. The van der Waals surface area contributed by atoms with E-state index in [1.807, 2.05) is 16.6 Å². The van der Waals surface area contributed by atoms with Gasteiger partial charge in [-0.15, -0.1) is 15.3 Å². The second-order valence-electron chi connectivity index (χ2n) is 9.24. The molecule has 1 amide bonds. The van der Waals surface area contributed by atoms with Crippen molar-refractivity contribution in [2.45, 2.75) is 64.0 Å². The second-order valence-corrected chi connectivity index (χ2v) is 9.24. The van der Waals surface area contributed by atoms with E-state index in [0.717, 1.165) is 56.2 Å². The number of fused-ring (bicyclic) bond motifs is 1. The molecule has 2 aromatic heterocycles. The molecule has 0 bridgehead atoms. The molecule has 0 aliphatic carbocycles. The molecule has 8 nitrogen and oxygen atoms in total. The van der Waals surface area contributed by atoms with Gasteiger partial charge < -0.3 is 10.2 Å². The molecule has 1 unspecified atom stereocenters. The summed E-state index contributed by atoms with van der Waals surface area (Å²) in [6, 6.07) is 4.77. The minimum absolute atomic E-state index is 0.105. The van der Waals surface area contributed by atoms with Crippen LogP contribution in [0.15, 0.2) is 12.1 Å². The molecule has 1 atom stereocenters. The highest BCUT2D eigenvalue weighted by Gasteiger charge is 2.33. The number of rotatable bonds is 4. The van der Waals surface area contributed by atoms with Crippen LogP contribution in [0.4, 0.5) is 5.82 Å². The summed E-state index contributed by atoms with van der Waals surface area (Å²) in [6.45, 7) is 9.18. The van der Waals surface area contributed by atoms with Crippen LogP contribution in [0, 0.1) is 0 Å². The first-order chi connectivity index (χ1) is 13.3. The third-order valence-corrected chi connectivity index (χ3v) is 5.81. The molecule has 2 saturated heterocycles. The lowest BCUT2D eigenvalue weighted by Gasteiger charge is -2.45. The van der Waals surface area contributed by atoms with Gasteiger partial charge in [-0.25, -0.2) is 0 Å². The molecule has 0 spiro atoms. The fourth-order valence-corrected chi connectivity index (χ4v) is 4.02. The SMILES string of the molecule is CN(CC1CCCCC(=O)N1)C1CN(c2ccc3nnc(C(C)(C)C)n3n2)C1. The Labute approximate surface area is 166 Å². The van der Waals surface area contributed by atoms with Crippen LogP contribution in [-0.2, 0) is 10.2 Å². The van der Waals surface area contributed by atoms with E-state index < -0.39 is 0 Å². The Kier molecular flexibility index (Phi) is 4.99. The minimum atomic E-state index is -0.105. The number of hydrogen-bond acceptors (Lipinski definition) is 6. The van der Waals surface area contributed by atoms with Crippen molar-refractivity contribution >= 4 is 17.4 Å². The van der Waals surface area contributed by atoms with E-state index in [0.29, 0.717) is 12.5 Å². The molecule has 4 rings (SSSR count). The van der Waals surface area contributed by atoms with Crippen LogP contribution in [0.2, 0.25) is 0 Å². The summed E-state index contributed by atoms with van der Waals surface area (Å²) < 4.78 is 1.87. The smallest absolute Gasteiger partial charge is 0.220 e. The van der Waals surface area contributed by atoms with E-state index in [9.17, 15) is 4.79 Å². The van der Waals surface area contributed by atoms with Gasteiger partial charge >= 0.3 is 0 Å². The van der Waals surface area contributed by atoms with Crippen LogP contribution in [0.25, 0.3) is 5.65 Å². The van der Waals surface area contributed by atoms with Crippen LogP contribution in [-0.4, -0.2) is 69.4 Å². The van der Waals surface area contributed by atoms with Gasteiger partial charge in [0.25, 0.3) is 0 Å². The molecule has 2 aliphatic heterocycles. The normalized spacial score (nSPS) is 21.7. The number of hydrogen-bond donors (Lipinski definition) is 1. The number of carbonyl (C=O) groups excluding carboxylic acids is 1. The Bertz CT molecular complexity index is 850. The average Bonchev–Trinajstić information content (AvgIpc) is 2.90. The number of likely N-dealkylation sites (N-methyl/N-ethyl adjacent to an activating group) is 1. The van der Waals surface area contributed by atoms with Gasteiger partial charge in [0.1, 0.15) is 5.82 Å². The number of carbonyl (C=O) groups is 1. The van der Waals surface area contributed by atoms with Crippen LogP contribution in [0.3, 0.4) is 0 Å². The van der Waals surface area contributed by atoms with Crippen molar-refractivity contribution in [3.05, 3.63) is 18.0 Å². The number of amides is 1. The standard InChI is InChI=1S/C20H31N7O/c1-20(2,3)19-23-22-16-9-10-17(24-27(16)19)26-12-15(13-26)25(4)11-14-7-5-6-8-18(28)21-14/h9-10,14-15H,5-8,11-13H2,1-4H3,(H,21,28). The number of nitrogens with zero attached hydrogens (tertiary/aromatic N) is 6. The molecule has 152 valence electrons. The zero-order valence-electron chi connectivity index (χ0n) is 17.4. The largest absolute Gasteiger partial charge is 0.352 e. The third-order valence-electron chi connectivity index (χ3n) is 5.81. The maximum atomic E-state index is 11.8. The Morgan fingerprint density at radius 3 is 2.75 bits per heavy atom. The van der Waals surface area contributed by atoms with E-state index in [-0.39, 0.29) is 17.4 Å². The van der Waals surface area contributed by atoms with Gasteiger partial charge in [-0.3, -0.25) is 9.69 Å². The van der Waals surface area contributed by atoms with Crippen molar-refractivity contribution in [1.29, 1.82) is 0 Å². The lowest BCUT2D eigenvalue weighted by molar-refractivity contribution is -0.121. The highest BCUT2D eigenvalue weighted by atomic mass is 16.1. The van der Waals surface area contributed by atoms with Crippen molar-refractivity contribution in [2.75, 3.05) is 31.6 Å². The monoisotopic (exact) mass is 385 g/mol. The quantitative estimate of drug-likeness (QED) is 0.861. The predicted octanol–water partition coefficient (Wildman–Crippen LogP) is 1.60. The number of anilines is 1. The summed E-state index contributed by atoms with van der Waals surface area (Å²) in [4.78, 5) is 16.5. The van der Waals surface area contributed by atoms with E-state index >= 15 is 0 Å². The summed E-state index contributed by atoms with van der Waals surface area (Å²) in [5.74, 6) is 2.04. The number of nitrogens with one attached hydrogen (secondary N) is 1. The molecule has 0 radical (unpaired) electrons. The number of aromatic nitrogens is 4. The van der Waals surface area contributed by atoms with Crippen LogP contribution in [0.5, 0.6) is 0 Å². The van der Waals surface area contributed by atoms with Gasteiger partial charge in [0.05, 0.1) is 0 Å². The van der Waals surface area contributed by atoms with E-state index in [2.05, 4.69) is 53.1 Å². The molecule has 0 saturated carbocycles. The molecule has 8 heteroatoms. The Balaban J connectivity index is 1.38. The highest BCUT2D eigenvalue weighted by molar-refractivity contribution is 5.76. The first-order valence-electron chi connectivity index (χ1n) is 10.3. The van der Waals surface area contributed by atoms with Gasteiger partial charge in [0.2, 0.25) is 5.91 Å². The highest BCUT2D eigenvalue weighted by Crippen LogP contribution is 2.25. The van der Waals surface area contributed by atoms with Gasteiger partial charge in [0.15, 0.2) is 11.5 Å². The van der Waals surface area contributed by atoms with Crippen molar-refractivity contribution in [3.63, 3.8) is 0 Å². The topological polar surface area (TPSA) is 78.7 Å². The summed E-state index contributed by atoms with van der Waals surface area (Å²) in [6.07, 6.45) is 3.89. The molecule has 2 aliphatic rings. The molecular formula is C20H31N7O. The van der Waals surface area contributed by atoms with Gasteiger partial charge in [-0.1, -0.05) is 27.2 Å². The lowest BCUT2D eigenvalue weighted by Crippen LogP contribution is -2.60. The summed E-state index contributed by atoms with van der Waals surface area (Å²) >= 11 is 0. The van der Waals surface area contributed by atoms with Crippen molar-refractivity contribution in [2.24, 2.45) is 0 Å². The van der Waals surface area contributed by atoms with Crippen molar-refractivity contribution in [3.8, 4) is 0 Å². The maximum absolute atomic E-state index is 11.8.